The zero-order valence-corrected chi connectivity index (χ0v) is 9.24. The molecule has 6 nitrogen and oxygen atoms in total. The highest BCUT2D eigenvalue weighted by Gasteiger charge is 2.09. The van der Waals surface area contributed by atoms with Crippen LogP contribution in [0.1, 0.15) is 27.2 Å². The molecule has 0 aromatic carbocycles. The molecule has 0 heterocycles. The number of nitrogens with zero attached hydrogens (tertiary/aromatic N) is 1. The minimum absolute atomic E-state index is 0.217. The lowest BCUT2D eigenvalue weighted by Crippen LogP contribution is -2.31. The number of hydrogen-bond acceptors (Lipinski definition) is 4. The molecule has 0 aliphatic rings. The van der Waals surface area contributed by atoms with Crippen molar-refractivity contribution in [3.63, 3.8) is 0 Å². The molecule has 0 aromatic heterocycles. The summed E-state index contributed by atoms with van der Waals surface area (Å²) in [6, 6.07) is 0. The third-order valence-corrected chi connectivity index (χ3v) is 1.38. The number of esters is 1. The van der Waals surface area contributed by atoms with E-state index in [2.05, 4.69) is 15.3 Å². The first-order valence-electron chi connectivity index (χ1n) is 4.76. The molecule has 0 aliphatic heterocycles. The molecule has 86 valence electrons. The van der Waals surface area contributed by atoms with E-state index in [1.165, 1.54) is 0 Å². The van der Waals surface area contributed by atoms with Gasteiger partial charge in [-0.25, -0.2) is 10.2 Å². The Bertz CT molecular complexity index is 261. The highest BCUT2D eigenvalue weighted by Crippen LogP contribution is 1.97. The number of hydrazone groups is 1. The Kier molecular flexibility index (Phi) is 6.08. The number of nitrogens with one attached hydrogen (secondary N) is 1. The van der Waals surface area contributed by atoms with Crippen molar-refractivity contribution in [3.8, 4) is 0 Å². The van der Waals surface area contributed by atoms with Crippen molar-refractivity contribution in [1.82, 2.24) is 5.43 Å². The maximum atomic E-state index is 11.1. The topological polar surface area (TPSA) is 93.8 Å². The Balaban J connectivity index is 4.04. The Morgan fingerprint density at radius 1 is 1.47 bits per heavy atom. The van der Waals surface area contributed by atoms with E-state index in [1.807, 2.05) is 13.8 Å². The van der Waals surface area contributed by atoms with Crippen LogP contribution in [0.5, 0.6) is 0 Å². The van der Waals surface area contributed by atoms with E-state index in [-0.39, 0.29) is 24.3 Å². The van der Waals surface area contributed by atoms with Gasteiger partial charge in [0.1, 0.15) is 0 Å². The van der Waals surface area contributed by atoms with Crippen LogP contribution in [0.15, 0.2) is 5.10 Å². The Hall–Kier alpha value is -1.59. The molecule has 1 amide bonds. The molecule has 0 spiro atoms. The molecular formula is C9H17N3O3. The Labute approximate surface area is 88.9 Å². The summed E-state index contributed by atoms with van der Waals surface area (Å²) in [6.07, 6.45) is 0.333. The zero-order chi connectivity index (χ0) is 11.8. The van der Waals surface area contributed by atoms with Crippen LogP contribution in [0.25, 0.3) is 0 Å². The fourth-order valence-electron chi connectivity index (χ4n) is 0.790. The van der Waals surface area contributed by atoms with E-state index in [9.17, 15) is 9.59 Å². The fourth-order valence-corrected chi connectivity index (χ4v) is 0.790. The first kappa shape index (κ1) is 13.4. The van der Waals surface area contributed by atoms with Crippen LogP contribution in [0, 0.1) is 5.92 Å². The summed E-state index contributed by atoms with van der Waals surface area (Å²) in [6.45, 7) is 5.67. The smallest absolute Gasteiger partial charge is 0.375 e. The van der Waals surface area contributed by atoms with Gasteiger partial charge in [-0.1, -0.05) is 13.8 Å². The minimum Gasteiger partial charge on any atom is -0.460 e. The number of amides is 1. The molecule has 0 bridgehead atoms. The maximum absolute atomic E-state index is 11.1. The summed E-state index contributed by atoms with van der Waals surface area (Å²) in [4.78, 5) is 22.1. The number of carbonyl (C=O) groups excluding carboxylic acids is 2. The largest absolute Gasteiger partial charge is 0.460 e. The highest BCUT2D eigenvalue weighted by molar-refractivity contribution is 6.34. The third-order valence-electron chi connectivity index (χ3n) is 1.38. The highest BCUT2D eigenvalue weighted by atomic mass is 16.5. The van der Waals surface area contributed by atoms with Crippen LogP contribution in [-0.2, 0) is 14.3 Å². The standard InChI is InChI=1S/C9H17N3O3/c1-4-15-9(14)8(10)12-11-7(13)5-6(2)3/h6H,4-5H2,1-3H3,(H2,10,12)(H,11,13). The predicted molar refractivity (Wildman–Crippen MR) is 55.9 cm³/mol. The second-order valence-corrected chi connectivity index (χ2v) is 3.35. The number of rotatable bonds is 4. The van der Waals surface area contributed by atoms with Crippen molar-refractivity contribution < 1.29 is 14.3 Å². The number of amidine groups is 1. The second kappa shape index (κ2) is 6.80. The molecule has 15 heavy (non-hydrogen) atoms. The van der Waals surface area contributed by atoms with Gasteiger partial charge in [0.05, 0.1) is 6.61 Å². The summed E-state index contributed by atoms with van der Waals surface area (Å²) in [5.41, 5.74) is 7.42. The molecule has 0 unspecified atom stereocenters. The molecule has 0 radical (unpaired) electrons. The van der Waals surface area contributed by atoms with Gasteiger partial charge in [-0.3, -0.25) is 4.79 Å². The Morgan fingerprint density at radius 3 is 2.53 bits per heavy atom. The SMILES string of the molecule is CCOC(=O)/C(N)=N/NC(=O)CC(C)C. The number of ether oxygens (including phenoxy) is 1. The molecule has 0 fully saturated rings. The average Bonchev–Trinajstić information content (AvgIpc) is 2.13. The van der Waals surface area contributed by atoms with Crippen LogP contribution >= 0.6 is 0 Å². The molecule has 0 saturated carbocycles. The fraction of sp³-hybridized carbons (Fsp3) is 0.667. The van der Waals surface area contributed by atoms with Gasteiger partial charge in [0, 0.05) is 6.42 Å². The minimum atomic E-state index is -0.734. The average molecular weight is 215 g/mol. The molecule has 0 saturated heterocycles. The van der Waals surface area contributed by atoms with Gasteiger partial charge in [0.15, 0.2) is 0 Å². The molecule has 0 aliphatic carbocycles. The summed E-state index contributed by atoms with van der Waals surface area (Å²) in [5, 5.41) is 3.42. The van der Waals surface area contributed by atoms with Crippen molar-refractivity contribution in [3.05, 3.63) is 0 Å². The van der Waals surface area contributed by atoms with Crippen molar-refractivity contribution >= 4 is 17.7 Å². The van der Waals surface area contributed by atoms with E-state index in [0.717, 1.165) is 0 Å². The number of carbonyl (C=O) groups is 2. The van der Waals surface area contributed by atoms with E-state index in [1.54, 1.807) is 6.92 Å². The molecule has 0 aromatic rings. The van der Waals surface area contributed by atoms with E-state index >= 15 is 0 Å². The van der Waals surface area contributed by atoms with E-state index in [4.69, 9.17) is 5.73 Å². The summed E-state index contributed by atoms with van der Waals surface area (Å²) < 4.78 is 4.57. The Morgan fingerprint density at radius 2 is 2.07 bits per heavy atom. The molecule has 3 N–H and O–H groups in total. The van der Waals surface area contributed by atoms with Gasteiger partial charge in [-0.15, -0.1) is 5.10 Å². The maximum Gasteiger partial charge on any atom is 0.375 e. The number of hydrogen-bond donors (Lipinski definition) is 2. The quantitative estimate of drug-likeness (QED) is 0.298. The lowest BCUT2D eigenvalue weighted by Gasteiger charge is -2.03. The first-order chi connectivity index (χ1) is 6.97. The molecule has 0 rings (SSSR count). The second-order valence-electron chi connectivity index (χ2n) is 3.35. The predicted octanol–water partition coefficient (Wildman–Crippen LogP) is -0.0160. The van der Waals surface area contributed by atoms with E-state index in [0.29, 0.717) is 6.42 Å². The van der Waals surface area contributed by atoms with Crippen LogP contribution in [0.4, 0.5) is 0 Å². The van der Waals surface area contributed by atoms with Gasteiger partial charge in [0.2, 0.25) is 11.7 Å². The van der Waals surface area contributed by atoms with Gasteiger partial charge >= 0.3 is 5.97 Å². The van der Waals surface area contributed by atoms with Gasteiger partial charge in [-0.2, -0.15) is 0 Å². The molecular weight excluding hydrogens is 198 g/mol. The zero-order valence-electron chi connectivity index (χ0n) is 9.24. The van der Waals surface area contributed by atoms with Gasteiger partial charge in [0.25, 0.3) is 0 Å². The lowest BCUT2D eigenvalue weighted by atomic mass is 10.1. The lowest BCUT2D eigenvalue weighted by molar-refractivity contribution is -0.135. The summed E-state index contributed by atoms with van der Waals surface area (Å²) in [5.74, 6) is -1.14. The molecule has 0 atom stereocenters. The van der Waals surface area contributed by atoms with Gasteiger partial charge < -0.3 is 10.5 Å². The van der Waals surface area contributed by atoms with Crippen molar-refractivity contribution in [2.75, 3.05) is 6.61 Å². The van der Waals surface area contributed by atoms with Crippen molar-refractivity contribution in [2.24, 2.45) is 16.8 Å². The normalized spacial score (nSPS) is 11.3. The van der Waals surface area contributed by atoms with Crippen LogP contribution in [0.2, 0.25) is 0 Å². The first-order valence-corrected chi connectivity index (χ1v) is 4.76. The monoisotopic (exact) mass is 215 g/mol. The van der Waals surface area contributed by atoms with Crippen LogP contribution in [-0.4, -0.2) is 24.3 Å². The summed E-state index contributed by atoms with van der Waals surface area (Å²) >= 11 is 0. The third kappa shape index (κ3) is 6.48. The van der Waals surface area contributed by atoms with E-state index < -0.39 is 5.97 Å². The molecule has 6 heteroatoms. The van der Waals surface area contributed by atoms with Crippen LogP contribution in [0.3, 0.4) is 0 Å². The number of nitrogens with two attached hydrogens (primary N) is 1. The van der Waals surface area contributed by atoms with Crippen molar-refractivity contribution in [2.45, 2.75) is 27.2 Å². The van der Waals surface area contributed by atoms with Crippen LogP contribution < -0.4 is 11.2 Å². The van der Waals surface area contributed by atoms with Gasteiger partial charge in [-0.05, 0) is 12.8 Å². The van der Waals surface area contributed by atoms with Crippen molar-refractivity contribution in [1.29, 1.82) is 0 Å². The summed E-state index contributed by atoms with van der Waals surface area (Å²) in [7, 11) is 0.